The van der Waals surface area contributed by atoms with Gasteiger partial charge in [-0.15, -0.1) is 0 Å². The first-order valence-corrected chi connectivity index (χ1v) is 5.04. The van der Waals surface area contributed by atoms with Crippen molar-refractivity contribution in [3.8, 4) is 0 Å². The van der Waals surface area contributed by atoms with Gasteiger partial charge in [0, 0.05) is 0 Å². The van der Waals surface area contributed by atoms with Crippen molar-refractivity contribution < 1.29 is 0 Å². The quantitative estimate of drug-likeness (QED) is 0.461. The Morgan fingerprint density at radius 2 is 2.33 bits per heavy atom. The molecule has 0 aromatic rings. The van der Waals surface area contributed by atoms with Crippen LogP contribution in [0, 0.1) is 0 Å². The third-order valence-corrected chi connectivity index (χ3v) is 2.02. The molecule has 0 heterocycles. The van der Waals surface area contributed by atoms with Crippen LogP contribution in [0.4, 0.5) is 0 Å². The van der Waals surface area contributed by atoms with E-state index < -0.39 is 0 Å². The summed E-state index contributed by atoms with van der Waals surface area (Å²) in [4.78, 5) is 0. The molecule has 0 saturated heterocycles. The van der Waals surface area contributed by atoms with Crippen molar-refractivity contribution in [3.63, 3.8) is 0 Å². The zero-order valence-electron chi connectivity index (χ0n) is 4.20. The first-order chi connectivity index (χ1) is 2.91. The second kappa shape index (κ2) is 5.50. The molecule has 0 aliphatic carbocycles. The molecule has 36 valence electrons. The molecule has 1 nitrogen and oxygen atoms in total. The monoisotopic (exact) mass is 147 g/mol. The Morgan fingerprint density at radius 3 is 2.50 bits per heavy atom. The maximum atomic E-state index is 5.34. The van der Waals surface area contributed by atoms with Crippen LogP contribution < -0.4 is 4.69 Å². The molecule has 0 atom stereocenters. The predicted molar refractivity (Wildman–Crippen MR) is 29.7 cm³/mol. The minimum atomic E-state index is -0.00181. The van der Waals surface area contributed by atoms with E-state index in [4.69, 9.17) is 4.69 Å². The molecule has 0 amide bonds. The van der Waals surface area contributed by atoms with E-state index in [2.05, 4.69) is 6.92 Å². The average molecular weight is 146 g/mol. The molecule has 0 fully saturated rings. The number of rotatable bonds is 3. The molecule has 0 aliphatic heterocycles. The van der Waals surface area contributed by atoms with E-state index in [9.17, 15) is 0 Å². The van der Waals surface area contributed by atoms with E-state index >= 15 is 0 Å². The molecular weight excluding hydrogens is 135 g/mol. The van der Waals surface area contributed by atoms with Gasteiger partial charge in [0.2, 0.25) is 0 Å². The second-order valence-electron chi connectivity index (χ2n) is 1.31. The van der Waals surface area contributed by atoms with Gasteiger partial charge in [-0.2, -0.15) is 0 Å². The van der Waals surface area contributed by atoms with Gasteiger partial charge in [0.05, 0.1) is 0 Å². The zero-order valence-corrected chi connectivity index (χ0v) is 6.30. The Morgan fingerprint density at radius 1 is 1.67 bits per heavy atom. The van der Waals surface area contributed by atoms with Crippen molar-refractivity contribution in [1.29, 1.82) is 0 Å². The first kappa shape index (κ1) is 6.50. The molecule has 0 aliphatic rings. The van der Waals surface area contributed by atoms with E-state index in [1.165, 1.54) is 18.1 Å². The Balaban J connectivity index is 2.34. The van der Waals surface area contributed by atoms with Gasteiger partial charge < -0.3 is 0 Å². The summed E-state index contributed by atoms with van der Waals surface area (Å²) in [6.07, 6.45) is 2.65. The van der Waals surface area contributed by atoms with Crippen molar-refractivity contribution in [2.24, 2.45) is 4.69 Å². The molecular formula is C4H11GeN. The second-order valence-corrected chi connectivity index (χ2v) is 3.21. The summed E-state index contributed by atoms with van der Waals surface area (Å²) >= 11 is -0.00181. The van der Waals surface area contributed by atoms with Crippen LogP contribution in [-0.2, 0) is 0 Å². The molecule has 0 aromatic carbocycles. The van der Waals surface area contributed by atoms with E-state index in [1.807, 2.05) is 0 Å². The zero-order chi connectivity index (χ0) is 4.83. The van der Waals surface area contributed by atoms with Gasteiger partial charge in [0.15, 0.2) is 0 Å². The number of hydrogen-bond donors (Lipinski definition) is 1. The van der Waals surface area contributed by atoms with Gasteiger partial charge in [0.25, 0.3) is 0 Å². The molecule has 2 heteroatoms. The number of unbranched alkanes of at least 4 members (excludes halogenated alkanes) is 1. The van der Waals surface area contributed by atoms with Crippen LogP contribution in [0.2, 0.25) is 5.25 Å². The maximum absolute atomic E-state index is 5.34. The molecule has 0 rings (SSSR count). The minimum absolute atomic E-state index is 0.00181. The van der Waals surface area contributed by atoms with Gasteiger partial charge in [-0.3, -0.25) is 0 Å². The molecule has 0 aromatic heterocycles. The summed E-state index contributed by atoms with van der Waals surface area (Å²) < 4.78 is 5.34. The fraction of sp³-hybridized carbons (Fsp3) is 1.00. The van der Waals surface area contributed by atoms with Crippen molar-refractivity contribution in [2.45, 2.75) is 25.0 Å². The van der Waals surface area contributed by atoms with E-state index in [1.54, 1.807) is 0 Å². The summed E-state index contributed by atoms with van der Waals surface area (Å²) in [5.74, 6) is 0. The van der Waals surface area contributed by atoms with Gasteiger partial charge in [0.1, 0.15) is 0 Å². The third kappa shape index (κ3) is 4.50. The average Bonchev–Trinajstić information content (AvgIpc) is 1.61. The number of hydrogen-bond acceptors (Lipinski definition) is 1. The Bertz CT molecular complexity index is 19.5. The van der Waals surface area contributed by atoms with Gasteiger partial charge in [-0.05, 0) is 0 Å². The van der Waals surface area contributed by atoms with E-state index in [0.717, 1.165) is 0 Å². The normalized spacial score (nSPS) is 9.00. The fourth-order valence-corrected chi connectivity index (χ4v) is 1.45. The van der Waals surface area contributed by atoms with E-state index in [-0.39, 0.29) is 15.7 Å². The van der Waals surface area contributed by atoms with Crippen LogP contribution in [0.1, 0.15) is 19.8 Å². The van der Waals surface area contributed by atoms with Crippen LogP contribution in [0.15, 0.2) is 0 Å². The van der Waals surface area contributed by atoms with Crippen LogP contribution in [0.5, 0.6) is 0 Å². The van der Waals surface area contributed by atoms with Crippen molar-refractivity contribution in [1.82, 2.24) is 0 Å². The van der Waals surface area contributed by atoms with Crippen LogP contribution in [-0.4, -0.2) is 15.7 Å². The van der Waals surface area contributed by atoms with Gasteiger partial charge in [-0.1, -0.05) is 0 Å². The summed E-state index contributed by atoms with van der Waals surface area (Å²) in [7, 11) is 0. The van der Waals surface area contributed by atoms with Crippen LogP contribution >= 0.6 is 0 Å². The Kier molecular flexibility index (Phi) is 5.96. The van der Waals surface area contributed by atoms with Crippen molar-refractivity contribution >= 4 is 15.7 Å². The van der Waals surface area contributed by atoms with Gasteiger partial charge in [-0.25, -0.2) is 0 Å². The molecule has 0 spiro atoms. The fourth-order valence-electron chi connectivity index (χ4n) is 0.279. The topological polar surface area (TPSA) is 26.0 Å². The molecule has 6 heavy (non-hydrogen) atoms. The van der Waals surface area contributed by atoms with E-state index in [0.29, 0.717) is 0 Å². The summed E-state index contributed by atoms with van der Waals surface area (Å²) in [5, 5.41) is 1.32. The van der Waals surface area contributed by atoms with Crippen LogP contribution in [0.25, 0.3) is 0 Å². The summed E-state index contributed by atoms with van der Waals surface area (Å²) in [6, 6.07) is 0. The SMILES string of the molecule is CCC[CH2][Ge][NH2]. The summed E-state index contributed by atoms with van der Waals surface area (Å²) in [6.45, 7) is 2.20. The molecule has 0 saturated carbocycles. The molecule has 0 bridgehead atoms. The van der Waals surface area contributed by atoms with Crippen molar-refractivity contribution in [2.75, 3.05) is 0 Å². The molecule has 2 N–H and O–H groups in total. The predicted octanol–water partition coefficient (Wildman–Crippen LogP) is 0.783. The Labute approximate surface area is 46.0 Å². The Hall–Kier alpha value is 0.503. The van der Waals surface area contributed by atoms with Crippen molar-refractivity contribution in [3.05, 3.63) is 0 Å². The third-order valence-electron chi connectivity index (χ3n) is 0.675. The first-order valence-electron chi connectivity index (χ1n) is 2.35. The van der Waals surface area contributed by atoms with Gasteiger partial charge >= 0.3 is 45.4 Å². The summed E-state index contributed by atoms with van der Waals surface area (Å²) in [5.41, 5.74) is 0. The standard InChI is InChI=1S/C4H11GeN/c1-2-3-4-5-6/h2-4,6H2,1H3. The van der Waals surface area contributed by atoms with Crippen LogP contribution in [0.3, 0.4) is 0 Å². The number of nitrogens with two attached hydrogens (primary N) is 1. The molecule has 0 unspecified atom stereocenters. The molecule has 2 radical (unpaired) electrons.